The standard InChI is InChI=1S/C15H15FN2O2/c1-10(8-11-2-5-13(16)6-3-11)18-15(20)12-4-7-14(19)17-9-12/h2-7,9-10H,8H2,1H3,(H,17,19)(H,18,20). The van der Waals surface area contributed by atoms with Crippen molar-refractivity contribution in [3.8, 4) is 0 Å². The van der Waals surface area contributed by atoms with Gasteiger partial charge >= 0.3 is 0 Å². The molecule has 1 amide bonds. The molecule has 1 aromatic heterocycles. The molecule has 0 spiro atoms. The van der Waals surface area contributed by atoms with Crippen LogP contribution in [-0.2, 0) is 6.42 Å². The lowest BCUT2D eigenvalue weighted by molar-refractivity contribution is 0.0939. The molecule has 1 heterocycles. The van der Waals surface area contributed by atoms with Gasteiger partial charge in [0.2, 0.25) is 5.56 Å². The maximum Gasteiger partial charge on any atom is 0.252 e. The number of nitrogens with one attached hydrogen (secondary N) is 2. The van der Waals surface area contributed by atoms with E-state index in [0.29, 0.717) is 12.0 Å². The van der Waals surface area contributed by atoms with Gasteiger partial charge in [-0.05, 0) is 37.1 Å². The van der Waals surface area contributed by atoms with Gasteiger partial charge in [0.15, 0.2) is 0 Å². The minimum atomic E-state index is -0.279. The van der Waals surface area contributed by atoms with Crippen molar-refractivity contribution in [2.45, 2.75) is 19.4 Å². The monoisotopic (exact) mass is 274 g/mol. The topological polar surface area (TPSA) is 62.0 Å². The Morgan fingerprint density at radius 1 is 1.25 bits per heavy atom. The fraction of sp³-hybridized carbons (Fsp3) is 0.200. The Bertz CT molecular complexity index is 629. The van der Waals surface area contributed by atoms with Crippen LogP contribution >= 0.6 is 0 Å². The Balaban J connectivity index is 1.95. The van der Waals surface area contributed by atoms with E-state index >= 15 is 0 Å². The average molecular weight is 274 g/mol. The molecule has 20 heavy (non-hydrogen) atoms. The van der Waals surface area contributed by atoms with Gasteiger partial charge in [-0.1, -0.05) is 12.1 Å². The van der Waals surface area contributed by atoms with Crippen molar-refractivity contribution < 1.29 is 9.18 Å². The van der Waals surface area contributed by atoms with Crippen molar-refractivity contribution in [2.75, 3.05) is 0 Å². The van der Waals surface area contributed by atoms with Crippen molar-refractivity contribution in [3.05, 3.63) is 69.9 Å². The summed E-state index contributed by atoms with van der Waals surface area (Å²) >= 11 is 0. The second kappa shape index (κ2) is 6.14. The van der Waals surface area contributed by atoms with Gasteiger partial charge in [0.1, 0.15) is 5.82 Å². The Morgan fingerprint density at radius 3 is 2.55 bits per heavy atom. The number of H-pyrrole nitrogens is 1. The van der Waals surface area contributed by atoms with E-state index in [1.165, 1.54) is 30.5 Å². The number of benzene rings is 1. The number of halogens is 1. The molecule has 0 radical (unpaired) electrons. The molecule has 2 N–H and O–H groups in total. The average Bonchev–Trinajstić information content (AvgIpc) is 2.42. The lowest BCUT2D eigenvalue weighted by atomic mass is 10.1. The summed E-state index contributed by atoms with van der Waals surface area (Å²) in [4.78, 5) is 25.3. The summed E-state index contributed by atoms with van der Waals surface area (Å²) in [5, 5.41) is 2.82. The predicted octanol–water partition coefficient (Wildman–Crippen LogP) is 1.88. The normalized spacial score (nSPS) is 11.9. The Hall–Kier alpha value is -2.43. The van der Waals surface area contributed by atoms with Gasteiger partial charge in [0.25, 0.3) is 5.91 Å². The summed E-state index contributed by atoms with van der Waals surface area (Å²) in [6.45, 7) is 1.87. The highest BCUT2D eigenvalue weighted by molar-refractivity contribution is 5.93. The molecule has 1 aromatic carbocycles. The Kier molecular flexibility index (Phi) is 4.30. The molecule has 0 aliphatic heterocycles. The first kappa shape index (κ1) is 14.0. The van der Waals surface area contributed by atoms with E-state index < -0.39 is 0 Å². The van der Waals surface area contributed by atoms with Gasteiger partial charge < -0.3 is 10.3 Å². The van der Waals surface area contributed by atoms with E-state index in [1.807, 2.05) is 6.92 Å². The molecule has 0 fully saturated rings. The molecule has 2 rings (SSSR count). The van der Waals surface area contributed by atoms with Crippen molar-refractivity contribution in [2.24, 2.45) is 0 Å². The summed E-state index contributed by atoms with van der Waals surface area (Å²) in [6.07, 6.45) is 1.98. The molecule has 1 unspecified atom stereocenters. The molecule has 0 saturated heterocycles. The van der Waals surface area contributed by atoms with Crippen molar-refractivity contribution in [1.82, 2.24) is 10.3 Å². The maximum atomic E-state index is 12.8. The first-order chi connectivity index (χ1) is 9.54. The lowest BCUT2D eigenvalue weighted by Crippen LogP contribution is -2.34. The first-order valence-electron chi connectivity index (χ1n) is 6.28. The minimum absolute atomic E-state index is 0.0973. The van der Waals surface area contributed by atoms with Gasteiger partial charge in [0.05, 0.1) is 5.56 Å². The zero-order valence-electron chi connectivity index (χ0n) is 11.0. The zero-order chi connectivity index (χ0) is 14.5. The van der Waals surface area contributed by atoms with E-state index in [1.54, 1.807) is 12.1 Å². The number of hydrogen-bond donors (Lipinski definition) is 2. The van der Waals surface area contributed by atoms with Crippen molar-refractivity contribution in [3.63, 3.8) is 0 Å². The maximum absolute atomic E-state index is 12.8. The predicted molar refractivity (Wildman–Crippen MR) is 74.1 cm³/mol. The number of aromatic amines is 1. The molecule has 104 valence electrons. The fourth-order valence-electron chi connectivity index (χ4n) is 1.88. The van der Waals surface area contributed by atoms with Gasteiger partial charge in [-0.25, -0.2) is 4.39 Å². The zero-order valence-corrected chi connectivity index (χ0v) is 11.0. The van der Waals surface area contributed by atoms with E-state index in [-0.39, 0.29) is 23.3 Å². The van der Waals surface area contributed by atoms with Crippen molar-refractivity contribution >= 4 is 5.91 Å². The number of amides is 1. The first-order valence-corrected chi connectivity index (χ1v) is 6.28. The third kappa shape index (κ3) is 3.78. The van der Waals surface area contributed by atoms with Crippen LogP contribution in [0.15, 0.2) is 47.4 Å². The molecule has 4 nitrogen and oxygen atoms in total. The molecule has 0 aliphatic carbocycles. The number of carbonyl (C=O) groups excluding carboxylic acids is 1. The number of hydrogen-bond acceptors (Lipinski definition) is 2. The minimum Gasteiger partial charge on any atom is -0.349 e. The highest BCUT2D eigenvalue weighted by Gasteiger charge is 2.10. The molecular formula is C15H15FN2O2. The van der Waals surface area contributed by atoms with Gasteiger partial charge in [-0.2, -0.15) is 0 Å². The fourth-order valence-corrected chi connectivity index (χ4v) is 1.88. The Morgan fingerprint density at radius 2 is 1.95 bits per heavy atom. The third-order valence-corrected chi connectivity index (χ3v) is 2.88. The summed E-state index contributed by atoms with van der Waals surface area (Å²) < 4.78 is 12.8. The van der Waals surface area contributed by atoms with E-state index in [2.05, 4.69) is 10.3 Å². The van der Waals surface area contributed by atoms with E-state index in [9.17, 15) is 14.0 Å². The van der Waals surface area contributed by atoms with Crippen LogP contribution in [0.2, 0.25) is 0 Å². The number of rotatable bonds is 4. The number of aromatic nitrogens is 1. The second-order valence-corrected chi connectivity index (χ2v) is 4.65. The van der Waals surface area contributed by atoms with E-state index in [0.717, 1.165) is 5.56 Å². The smallest absolute Gasteiger partial charge is 0.252 e. The van der Waals surface area contributed by atoms with Crippen LogP contribution in [0.4, 0.5) is 4.39 Å². The molecule has 1 atom stereocenters. The largest absolute Gasteiger partial charge is 0.349 e. The van der Waals surface area contributed by atoms with Crippen LogP contribution < -0.4 is 10.9 Å². The van der Waals surface area contributed by atoms with Gasteiger partial charge in [0, 0.05) is 18.3 Å². The van der Waals surface area contributed by atoms with Gasteiger partial charge in [-0.15, -0.1) is 0 Å². The SMILES string of the molecule is CC(Cc1ccc(F)cc1)NC(=O)c1ccc(=O)[nH]c1. The third-order valence-electron chi connectivity index (χ3n) is 2.88. The number of carbonyl (C=O) groups is 1. The van der Waals surface area contributed by atoms with Crippen LogP contribution in [0.1, 0.15) is 22.8 Å². The Labute approximate surface area is 115 Å². The summed E-state index contributed by atoms with van der Waals surface area (Å²) in [7, 11) is 0. The van der Waals surface area contributed by atoms with Crippen LogP contribution in [-0.4, -0.2) is 16.9 Å². The van der Waals surface area contributed by atoms with Crippen LogP contribution in [0, 0.1) is 5.82 Å². The molecule has 0 saturated carbocycles. The molecular weight excluding hydrogens is 259 g/mol. The summed E-state index contributed by atoms with van der Waals surface area (Å²) in [6, 6.07) is 8.85. The van der Waals surface area contributed by atoms with E-state index in [4.69, 9.17) is 0 Å². The van der Waals surface area contributed by atoms with Crippen LogP contribution in [0.25, 0.3) is 0 Å². The quantitative estimate of drug-likeness (QED) is 0.894. The van der Waals surface area contributed by atoms with Crippen molar-refractivity contribution in [1.29, 1.82) is 0 Å². The highest BCUT2D eigenvalue weighted by Crippen LogP contribution is 2.06. The summed E-state index contributed by atoms with van der Waals surface area (Å²) in [5.74, 6) is -0.533. The highest BCUT2D eigenvalue weighted by atomic mass is 19.1. The molecule has 0 aliphatic rings. The van der Waals surface area contributed by atoms with Gasteiger partial charge in [-0.3, -0.25) is 9.59 Å². The molecule has 2 aromatic rings. The lowest BCUT2D eigenvalue weighted by Gasteiger charge is -2.14. The molecule has 5 heteroatoms. The van der Waals surface area contributed by atoms with Crippen LogP contribution in [0.5, 0.6) is 0 Å². The summed E-state index contributed by atoms with van der Waals surface area (Å²) in [5.41, 5.74) is 1.09. The second-order valence-electron chi connectivity index (χ2n) is 4.65. The number of pyridine rings is 1. The molecule has 0 bridgehead atoms. The van der Waals surface area contributed by atoms with Crippen LogP contribution in [0.3, 0.4) is 0 Å².